The fraction of sp³-hybridized carbons (Fsp3) is 0.316. The van der Waals surface area contributed by atoms with Crippen LogP contribution in [-0.4, -0.2) is 59.8 Å². The summed E-state index contributed by atoms with van der Waals surface area (Å²) < 4.78 is 13.2. The molecule has 47 heavy (non-hydrogen) atoms. The van der Waals surface area contributed by atoms with Crippen molar-refractivity contribution in [3.05, 3.63) is 131 Å². The van der Waals surface area contributed by atoms with Gasteiger partial charge in [0.2, 0.25) is 5.91 Å². The molecule has 4 aromatic rings. The topological polar surface area (TPSA) is 103 Å². The smallest absolute Gasteiger partial charge is 0.255 e. The van der Waals surface area contributed by atoms with E-state index in [9.17, 15) is 14.7 Å². The first-order valence-electron chi connectivity index (χ1n) is 16.3. The van der Waals surface area contributed by atoms with Gasteiger partial charge in [0.15, 0.2) is 6.29 Å². The van der Waals surface area contributed by atoms with E-state index in [0.29, 0.717) is 30.9 Å². The summed E-state index contributed by atoms with van der Waals surface area (Å²) >= 11 is 0. The molecule has 3 atom stereocenters. The molecule has 242 valence electrons. The number of hydrogen-bond donors (Lipinski definition) is 3. The van der Waals surface area contributed by atoms with Crippen LogP contribution in [0.4, 0.5) is 11.4 Å². The number of hydrogen-bond acceptors (Lipinski definition) is 7. The largest absolute Gasteiger partial charge is 0.392 e. The summed E-state index contributed by atoms with van der Waals surface area (Å²) in [6.45, 7) is 2.77. The minimum atomic E-state index is -0.643. The lowest BCUT2D eigenvalue weighted by Crippen LogP contribution is -2.57. The predicted molar refractivity (Wildman–Crippen MR) is 180 cm³/mol. The van der Waals surface area contributed by atoms with Gasteiger partial charge in [-0.25, -0.2) is 0 Å². The average molecular weight is 633 g/mol. The SMILES string of the molecule is O=C(Nc1cccc([C@@H]2O[C@H](CN3CCC4(CC3)C(=O)NCN4c3ccccc3)C[C@H](c3ccc(CO)cc3)O2)c1)c1ccccc1. The standard InChI is InChI=1S/C38H40N4O5/c43-25-27-14-16-28(17-15-27)34-23-33(24-41-20-18-38(19-21-41)37(45)39-26-42(38)32-12-5-2-6-13-32)46-36(47-34)30-10-7-11-31(22-30)40-35(44)29-8-3-1-4-9-29/h1-17,22,33-34,36,43H,18-21,23-26H2,(H,39,45)(H,40,44)/t33-,34+,36+/m0/s1. The summed E-state index contributed by atoms with van der Waals surface area (Å²) in [5, 5.41) is 15.7. The third kappa shape index (κ3) is 6.66. The highest BCUT2D eigenvalue weighted by Crippen LogP contribution is 2.40. The van der Waals surface area contributed by atoms with Crippen molar-refractivity contribution in [3.63, 3.8) is 0 Å². The van der Waals surface area contributed by atoms with Gasteiger partial charge in [-0.1, -0.05) is 72.8 Å². The van der Waals surface area contributed by atoms with Crippen LogP contribution in [0, 0.1) is 0 Å². The molecule has 0 unspecified atom stereocenters. The molecule has 3 heterocycles. The van der Waals surface area contributed by atoms with Gasteiger partial charge in [-0.2, -0.15) is 0 Å². The van der Waals surface area contributed by atoms with Crippen molar-refractivity contribution in [3.8, 4) is 0 Å². The second-order valence-corrected chi connectivity index (χ2v) is 12.6. The Bertz CT molecular complexity index is 1680. The van der Waals surface area contributed by atoms with E-state index in [1.165, 1.54) is 0 Å². The van der Waals surface area contributed by atoms with Gasteiger partial charge in [-0.15, -0.1) is 0 Å². The number of aliphatic hydroxyl groups is 1. The van der Waals surface area contributed by atoms with Crippen LogP contribution in [-0.2, 0) is 20.9 Å². The maximum absolute atomic E-state index is 13.2. The zero-order valence-corrected chi connectivity index (χ0v) is 26.3. The van der Waals surface area contributed by atoms with E-state index < -0.39 is 11.8 Å². The van der Waals surface area contributed by atoms with E-state index in [0.717, 1.165) is 48.3 Å². The lowest BCUT2D eigenvalue weighted by Gasteiger charge is -2.45. The number of carbonyl (C=O) groups excluding carboxylic acids is 2. The summed E-state index contributed by atoms with van der Waals surface area (Å²) in [5.74, 6) is -0.0772. The van der Waals surface area contributed by atoms with Gasteiger partial charge in [0.25, 0.3) is 5.91 Å². The van der Waals surface area contributed by atoms with Crippen molar-refractivity contribution in [2.45, 2.75) is 49.9 Å². The van der Waals surface area contributed by atoms with Crippen LogP contribution < -0.4 is 15.5 Å². The highest BCUT2D eigenvalue weighted by atomic mass is 16.7. The fourth-order valence-electron chi connectivity index (χ4n) is 7.01. The molecule has 0 aromatic heterocycles. The molecule has 3 aliphatic rings. The summed E-state index contributed by atoms with van der Waals surface area (Å²) in [7, 11) is 0. The molecular formula is C38H40N4O5. The minimum absolute atomic E-state index is 0.0160. The Kier molecular flexibility index (Phi) is 9.04. The molecule has 0 bridgehead atoms. The first-order valence-corrected chi connectivity index (χ1v) is 16.3. The number of anilines is 2. The first kappa shape index (κ1) is 31.1. The quantitative estimate of drug-likeness (QED) is 0.239. The van der Waals surface area contributed by atoms with Crippen molar-refractivity contribution < 1.29 is 24.2 Å². The van der Waals surface area contributed by atoms with Crippen LogP contribution in [0.5, 0.6) is 0 Å². The van der Waals surface area contributed by atoms with Crippen molar-refractivity contribution in [2.75, 3.05) is 36.5 Å². The molecule has 1 spiro atoms. The van der Waals surface area contributed by atoms with Crippen LogP contribution in [0.15, 0.2) is 109 Å². The molecule has 4 aromatic carbocycles. The van der Waals surface area contributed by atoms with Gasteiger partial charge in [-0.05, 0) is 60.4 Å². The maximum atomic E-state index is 13.2. The summed E-state index contributed by atoms with van der Waals surface area (Å²) in [6, 6.07) is 34.8. The third-order valence-corrected chi connectivity index (χ3v) is 9.62. The second-order valence-electron chi connectivity index (χ2n) is 12.6. The van der Waals surface area contributed by atoms with Crippen LogP contribution in [0.1, 0.15) is 58.7 Å². The summed E-state index contributed by atoms with van der Waals surface area (Å²) in [6.07, 6.45) is 1.13. The van der Waals surface area contributed by atoms with Gasteiger partial charge in [0, 0.05) is 48.6 Å². The molecule has 9 heteroatoms. The second kappa shape index (κ2) is 13.7. The molecule has 3 fully saturated rings. The monoisotopic (exact) mass is 632 g/mol. The number of likely N-dealkylation sites (tertiary alicyclic amines) is 1. The highest BCUT2D eigenvalue weighted by Gasteiger charge is 2.50. The average Bonchev–Trinajstić information content (AvgIpc) is 3.44. The van der Waals surface area contributed by atoms with Gasteiger partial charge in [-0.3, -0.25) is 9.59 Å². The normalized spacial score (nSPS) is 22.6. The van der Waals surface area contributed by atoms with Crippen molar-refractivity contribution in [1.82, 2.24) is 10.2 Å². The Balaban J connectivity index is 1.07. The number of nitrogens with zero attached hydrogens (tertiary/aromatic N) is 2. The summed E-state index contributed by atoms with van der Waals surface area (Å²) in [4.78, 5) is 30.7. The Hall–Kier alpha value is -4.54. The van der Waals surface area contributed by atoms with Gasteiger partial charge < -0.3 is 35.0 Å². The Morgan fingerprint density at radius 3 is 2.32 bits per heavy atom. The number of nitrogens with one attached hydrogen (secondary N) is 2. The number of amides is 2. The Morgan fingerprint density at radius 1 is 0.872 bits per heavy atom. The maximum Gasteiger partial charge on any atom is 0.255 e. The molecule has 2 amide bonds. The van der Waals surface area contributed by atoms with Crippen molar-refractivity contribution >= 4 is 23.2 Å². The van der Waals surface area contributed by atoms with E-state index in [1.54, 1.807) is 12.1 Å². The zero-order valence-electron chi connectivity index (χ0n) is 26.3. The number of aliphatic hydroxyl groups excluding tert-OH is 1. The van der Waals surface area contributed by atoms with Gasteiger partial charge in [0.05, 0.1) is 25.5 Å². The number of carbonyl (C=O) groups is 2. The molecule has 3 saturated heterocycles. The fourth-order valence-corrected chi connectivity index (χ4v) is 7.01. The minimum Gasteiger partial charge on any atom is -0.392 e. The molecule has 7 rings (SSSR count). The third-order valence-electron chi connectivity index (χ3n) is 9.62. The van der Waals surface area contributed by atoms with Crippen LogP contribution in [0.3, 0.4) is 0 Å². The van der Waals surface area contributed by atoms with Crippen molar-refractivity contribution in [2.24, 2.45) is 0 Å². The number of para-hydroxylation sites is 1. The zero-order chi connectivity index (χ0) is 32.2. The number of benzene rings is 4. The van der Waals surface area contributed by atoms with E-state index in [1.807, 2.05) is 84.9 Å². The van der Waals surface area contributed by atoms with Crippen molar-refractivity contribution in [1.29, 1.82) is 0 Å². The van der Waals surface area contributed by atoms with E-state index in [4.69, 9.17) is 9.47 Å². The molecule has 0 radical (unpaired) electrons. The van der Waals surface area contributed by atoms with E-state index in [2.05, 4.69) is 32.6 Å². The number of rotatable bonds is 8. The lowest BCUT2D eigenvalue weighted by molar-refractivity contribution is -0.253. The van der Waals surface area contributed by atoms with Gasteiger partial charge >= 0.3 is 0 Å². The molecule has 3 aliphatic heterocycles. The van der Waals surface area contributed by atoms with E-state index >= 15 is 0 Å². The number of ether oxygens (including phenoxy) is 2. The Labute approximate surface area is 275 Å². The highest BCUT2D eigenvalue weighted by molar-refractivity contribution is 6.04. The van der Waals surface area contributed by atoms with Crippen LogP contribution in [0.25, 0.3) is 0 Å². The molecule has 3 N–H and O–H groups in total. The van der Waals surface area contributed by atoms with Crippen LogP contribution >= 0.6 is 0 Å². The predicted octanol–water partition coefficient (Wildman–Crippen LogP) is 5.41. The lowest BCUT2D eigenvalue weighted by atomic mass is 9.85. The first-order chi connectivity index (χ1) is 23.0. The molecule has 9 nitrogen and oxygen atoms in total. The molecule has 0 aliphatic carbocycles. The Morgan fingerprint density at radius 2 is 1.60 bits per heavy atom. The van der Waals surface area contributed by atoms with Crippen LogP contribution in [0.2, 0.25) is 0 Å². The summed E-state index contributed by atoms with van der Waals surface area (Å²) in [5.41, 5.74) is 4.45. The van der Waals surface area contributed by atoms with Gasteiger partial charge in [0.1, 0.15) is 5.54 Å². The molecular weight excluding hydrogens is 592 g/mol. The molecule has 0 saturated carbocycles. The van der Waals surface area contributed by atoms with E-state index in [-0.39, 0.29) is 30.6 Å². The number of piperidine rings is 1.